The van der Waals surface area contributed by atoms with Gasteiger partial charge in [0.1, 0.15) is 16.5 Å². The molecule has 0 aliphatic heterocycles. The SMILES string of the molecule is CCCCCc1csc2nc(CC(=O)NCc3ccncc3)nc(N(C)C3CC3)c12. The monoisotopic (exact) mass is 423 g/mol. The minimum Gasteiger partial charge on any atom is -0.356 e. The van der Waals surface area contributed by atoms with Gasteiger partial charge in [-0.05, 0) is 54.3 Å². The smallest absolute Gasteiger partial charge is 0.227 e. The first-order valence-electron chi connectivity index (χ1n) is 10.8. The van der Waals surface area contributed by atoms with Crippen LogP contribution in [0.4, 0.5) is 5.82 Å². The van der Waals surface area contributed by atoms with Crippen molar-refractivity contribution < 1.29 is 4.79 Å². The lowest BCUT2D eigenvalue weighted by molar-refractivity contribution is -0.120. The molecule has 0 spiro atoms. The Morgan fingerprint density at radius 1 is 1.23 bits per heavy atom. The number of aryl methyl sites for hydroxylation is 1. The number of carbonyl (C=O) groups is 1. The summed E-state index contributed by atoms with van der Waals surface area (Å²) in [6.07, 6.45) is 10.8. The predicted octanol–water partition coefficient (Wildman–Crippen LogP) is 4.28. The van der Waals surface area contributed by atoms with Crippen molar-refractivity contribution in [3.8, 4) is 0 Å². The molecule has 0 radical (unpaired) electrons. The van der Waals surface area contributed by atoms with Crippen molar-refractivity contribution in [3.05, 3.63) is 46.9 Å². The maximum Gasteiger partial charge on any atom is 0.227 e. The Bertz CT molecular complexity index is 1000. The molecule has 1 saturated carbocycles. The highest BCUT2D eigenvalue weighted by Gasteiger charge is 2.29. The molecule has 4 rings (SSSR count). The predicted molar refractivity (Wildman–Crippen MR) is 122 cm³/mol. The lowest BCUT2D eigenvalue weighted by atomic mass is 10.1. The second-order valence-electron chi connectivity index (χ2n) is 8.01. The summed E-state index contributed by atoms with van der Waals surface area (Å²) in [5.41, 5.74) is 2.37. The van der Waals surface area contributed by atoms with Crippen molar-refractivity contribution >= 4 is 33.3 Å². The van der Waals surface area contributed by atoms with Gasteiger partial charge in [0.25, 0.3) is 0 Å². The van der Waals surface area contributed by atoms with E-state index in [1.165, 1.54) is 43.1 Å². The number of carbonyl (C=O) groups excluding carboxylic acids is 1. The quantitative estimate of drug-likeness (QED) is 0.493. The van der Waals surface area contributed by atoms with Crippen molar-refractivity contribution in [2.75, 3.05) is 11.9 Å². The van der Waals surface area contributed by atoms with Crippen LogP contribution in [-0.4, -0.2) is 33.9 Å². The summed E-state index contributed by atoms with van der Waals surface area (Å²) in [5.74, 6) is 1.53. The van der Waals surface area contributed by atoms with Crippen molar-refractivity contribution in [1.82, 2.24) is 20.3 Å². The number of unbranched alkanes of at least 4 members (excludes halogenated alkanes) is 2. The number of hydrogen-bond acceptors (Lipinski definition) is 6. The second-order valence-corrected chi connectivity index (χ2v) is 8.87. The Labute approximate surface area is 181 Å². The molecule has 1 aliphatic rings. The van der Waals surface area contributed by atoms with Gasteiger partial charge >= 0.3 is 0 Å². The molecule has 7 heteroatoms. The standard InChI is InChI=1S/C23H29N5OS/c1-3-4-5-6-17-15-30-23-21(17)22(28(2)18-7-8-18)26-19(27-23)13-20(29)25-14-16-9-11-24-12-10-16/h9-12,15,18H,3-8,13-14H2,1-2H3,(H,25,29). The molecule has 1 fully saturated rings. The van der Waals surface area contributed by atoms with E-state index >= 15 is 0 Å². The highest BCUT2D eigenvalue weighted by Crippen LogP contribution is 2.37. The molecule has 6 nitrogen and oxygen atoms in total. The van der Waals surface area contributed by atoms with Crippen LogP contribution in [0.2, 0.25) is 0 Å². The first-order chi connectivity index (χ1) is 14.7. The third-order valence-corrected chi connectivity index (χ3v) is 6.49. The number of fused-ring (bicyclic) bond motifs is 1. The fraction of sp³-hybridized carbons (Fsp3) is 0.478. The molecule has 1 aliphatic carbocycles. The number of pyridine rings is 1. The van der Waals surface area contributed by atoms with Crippen LogP contribution in [0.1, 0.15) is 56.0 Å². The first kappa shape index (κ1) is 20.7. The zero-order valence-electron chi connectivity index (χ0n) is 17.7. The number of amides is 1. The van der Waals surface area contributed by atoms with Crippen molar-refractivity contribution in [2.24, 2.45) is 0 Å². The fourth-order valence-electron chi connectivity index (χ4n) is 3.65. The third-order valence-electron chi connectivity index (χ3n) is 5.57. The lowest BCUT2D eigenvalue weighted by Gasteiger charge is -2.20. The molecule has 1 amide bonds. The summed E-state index contributed by atoms with van der Waals surface area (Å²) < 4.78 is 0. The summed E-state index contributed by atoms with van der Waals surface area (Å²) in [6, 6.07) is 4.36. The van der Waals surface area contributed by atoms with Gasteiger partial charge in [0, 0.05) is 32.0 Å². The number of anilines is 1. The van der Waals surface area contributed by atoms with Crippen LogP contribution in [0.15, 0.2) is 29.9 Å². The number of aromatic nitrogens is 3. The number of nitrogens with zero attached hydrogens (tertiary/aromatic N) is 4. The van der Waals surface area contributed by atoms with Gasteiger partial charge in [-0.1, -0.05) is 19.8 Å². The van der Waals surface area contributed by atoms with E-state index in [4.69, 9.17) is 9.97 Å². The molecule has 1 N–H and O–H groups in total. The molecule has 158 valence electrons. The van der Waals surface area contributed by atoms with Crippen LogP contribution in [0.5, 0.6) is 0 Å². The highest BCUT2D eigenvalue weighted by molar-refractivity contribution is 7.17. The zero-order valence-corrected chi connectivity index (χ0v) is 18.5. The van der Waals surface area contributed by atoms with E-state index < -0.39 is 0 Å². The Balaban J connectivity index is 1.54. The van der Waals surface area contributed by atoms with Gasteiger partial charge < -0.3 is 10.2 Å². The van der Waals surface area contributed by atoms with Gasteiger partial charge in [0.15, 0.2) is 0 Å². The number of thiophene rings is 1. The molecular formula is C23H29N5OS. The topological polar surface area (TPSA) is 71.0 Å². The van der Waals surface area contributed by atoms with E-state index in [2.05, 4.69) is 34.6 Å². The third kappa shape index (κ3) is 4.95. The second kappa shape index (κ2) is 9.51. The summed E-state index contributed by atoms with van der Waals surface area (Å²) >= 11 is 1.67. The van der Waals surface area contributed by atoms with E-state index in [0.717, 1.165) is 22.6 Å². The van der Waals surface area contributed by atoms with Crippen LogP contribution in [-0.2, 0) is 24.2 Å². The molecule has 0 aromatic carbocycles. The molecule has 0 unspecified atom stereocenters. The number of hydrogen-bond donors (Lipinski definition) is 1. The molecule has 0 saturated heterocycles. The Hall–Kier alpha value is -2.54. The largest absolute Gasteiger partial charge is 0.356 e. The van der Waals surface area contributed by atoms with Crippen molar-refractivity contribution in [2.45, 2.75) is 64.5 Å². The molecule has 3 aromatic heterocycles. The fourth-order valence-corrected chi connectivity index (χ4v) is 4.64. The number of rotatable bonds is 10. The molecule has 3 heterocycles. The van der Waals surface area contributed by atoms with E-state index in [1.54, 1.807) is 23.7 Å². The Kier molecular flexibility index (Phi) is 6.57. The minimum absolute atomic E-state index is 0.0640. The van der Waals surface area contributed by atoms with Crippen molar-refractivity contribution in [1.29, 1.82) is 0 Å². The van der Waals surface area contributed by atoms with Gasteiger partial charge in [-0.3, -0.25) is 9.78 Å². The van der Waals surface area contributed by atoms with Crippen LogP contribution >= 0.6 is 11.3 Å². The normalized spacial score (nSPS) is 13.5. The zero-order chi connectivity index (χ0) is 20.9. The van der Waals surface area contributed by atoms with Crippen LogP contribution < -0.4 is 10.2 Å². The van der Waals surface area contributed by atoms with E-state index in [-0.39, 0.29) is 12.3 Å². The van der Waals surface area contributed by atoms with Gasteiger partial charge in [0.05, 0.1) is 11.8 Å². The van der Waals surface area contributed by atoms with E-state index in [0.29, 0.717) is 18.4 Å². The Morgan fingerprint density at radius 2 is 2.03 bits per heavy atom. The molecular weight excluding hydrogens is 394 g/mol. The van der Waals surface area contributed by atoms with Crippen LogP contribution in [0.25, 0.3) is 10.2 Å². The maximum atomic E-state index is 12.5. The summed E-state index contributed by atoms with van der Waals surface area (Å²) in [5, 5.41) is 6.38. The van der Waals surface area contributed by atoms with Crippen molar-refractivity contribution in [3.63, 3.8) is 0 Å². The molecule has 0 bridgehead atoms. The Morgan fingerprint density at radius 3 is 2.77 bits per heavy atom. The molecule has 3 aromatic rings. The molecule has 30 heavy (non-hydrogen) atoms. The minimum atomic E-state index is -0.0640. The average Bonchev–Trinajstić information content (AvgIpc) is 3.53. The van der Waals surface area contributed by atoms with E-state index in [9.17, 15) is 4.79 Å². The summed E-state index contributed by atoms with van der Waals surface area (Å²) in [6.45, 7) is 2.71. The van der Waals surface area contributed by atoms with Crippen LogP contribution in [0, 0.1) is 0 Å². The first-order valence-corrected chi connectivity index (χ1v) is 11.7. The van der Waals surface area contributed by atoms with Gasteiger partial charge in [0.2, 0.25) is 5.91 Å². The number of nitrogens with one attached hydrogen (secondary N) is 1. The average molecular weight is 424 g/mol. The highest BCUT2D eigenvalue weighted by atomic mass is 32.1. The van der Waals surface area contributed by atoms with E-state index in [1.807, 2.05) is 12.1 Å². The summed E-state index contributed by atoms with van der Waals surface area (Å²) in [7, 11) is 2.13. The van der Waals surface area contributed by atoms with Gasteiger partial charge in [-0.25, -0.2) is 9.97 Å². The maximum absolute atomic E-state index is 12.5. The van der Waals surface area contributed by atoms with Crippen LogP contribution in [0.3, 0.4) is 0 Å². The lowest BCUT2D eigenvalue weighted by Crippen LogP contribution is -2.26. The molecule has 0 atom stereocenters. The van der Waals surface area contributed by atoms with Gasteiger partial charge in [-0.2, -0.15) is 0 Å². The summed E-state index contributed by atoms with van der Waals surface area (Å²) in [4.78, 5) is 29.4. The van der Waals surface area contributed by atoms with Gasteiger partial charge in [-0.15, -0.1) is 11.3 Å².